The number of aliphatic hydroxyl groups is 2. The lowest BCUT2D eigenvalue weighted by Gasteiger charge is -2.24. The van der Waals surface area contributed by atoms with Crippen molar-refractivity contribution < 1.29 is 67.9 Å². The number of nitrogen functional groups attached to an aromatic ring is 1. The van der Waals surface area contributed by atoms with E-state index < -0.39 is 110 Å². The van der Waals surface area contributed by atoms with Gasteiger partial charge >= 0.3 is 12.1 Å². The van der Waals surface area contributed by atoms with Gasteiger partial charge < -0.3 is 89.1 Å². The van der Waals surface area contributed by atoms with Crippen molar-refractivity contribution in [2.24, 2.45) is 27.5 Å². The zero-order valence-electron chi connectivity index (χ0n) is 51.5. The number of nitrogens with zero attached hydrogens (tertiary/aromatic N) is 7. The maximum Gasteiger partial charge on any atom is 0.407 e. The lowest BCUT2D eigenvalue weighted by molar-refractivity contribution is -0.140. The van der Waals surface area contributed by atoms with Crippen LogP contribution in [0.2, 0.25) is 0 Å². The molecule has 2 aromatic heterocycles. The summed E-state index contributed by atoms with van der Waals surface area (Å²) in [5.74, 6) is -7.05. The van der Waals surface area contributed by atoms with Crippen molar-refractivity contribution in [2.45, 2.75) is 128 Å². The fraction of sp³-hybridized carbons (Fsp3) is 0.467. The zero-order chi connectivity index (χ0) is 67.1. The number of hydrogen-bond acceptors (Lipinski definition) is 18. The average molecular weight is 1280 g/mol. The molecule has 5 atom stereocenters. The van der Waals surface area contributed by atoms with E-state index in [0.29, 0.717) is 29.9 Å². The number of ether oxygens (including phenoxy) is 2. The van der Waals surface area contributed by atoms with Gasteiger partial charge in [-0.1, -0.05) is 86.9 Å². The highest BCUT2D eigenvalue weighted by Gasteiger charge is 2.32. The number of carbonyl (C=O) groups excluding carboxylic acids is 8. The molecule has 32 heteroatoms. The Kier molecular flexibility index (Phi) is 29.8. The first-order valence-corrected chi connectivity index (χ1v) is 29.9. The summed E-state index contributed by atoms with van der Waals surface area (Å²) < 4.78 is 12.9. The number of rotatable bonds is 39. The van der Waals surface area contributed by atoms with E-state index in [1.54, 1.807) is 13.8 Å². The molecule has 5 aromatic rings. The van der Waals surface area contributed by atoms with Gasteiger partial charge in [-0.25, -0.2) is 14.8 Å². The molecule has 8 amide bonds. The van der Waals surface area contributed by atoms with Gasteiger partial charge in [-0.15, -0.1) is 0 Å². The summed E-state index contributed by atoms with van der Waals surface area (Å²) in [6.45, 7) is 3.94. The van der Waals surface area contributed by atoms with E-state index in [2.05, 4.69) is 74.0 Å². The molecule has 0 aliphatic rings. The first-order chi connectivity index (χ1) is 44.1. The molecule has 5 rings (SSSR count). The quantitative estimate of drug-likeness (QED) is 0.00655. The van der Waals surface area contributed by atoms with Crippen LogP contribution in [-0.4, -0.2) is 165 Å². The Morgan fingerprint density at radius 1 is 0.707 bits per heavy atom. The second-order valence-corrected chi connectivity index (χ2v) is 21.7. The van der Waals surface area contributed by atoms with Crippen LogP contribution in [0.3, 0.4) is 0 Å². The van der Waals surface area contributed by atoms with E-state index in [0.717, 1.165) is 52.6 Å². The molecule has 3 aromatic carbocycles. The van der Waals surface area contributed by atoms with Crippen molar-refractivity contribution in [3.05, 3.63) is 106 Å². The third-order valence-electron chi connectivity index (χ3n) is 13.9. The number of nitrogens with one attached hydrogen (secondary N) is 8. The van der Waals surface area contributed by atoms with Gasteiger partial charge in [-0.2, -0.15) is 0 Å². The number of hydrogen-bond donors (Lipinski definition) is 14. The number of carbonyl (C=O) groups is 9. The molecule has 0 fully saturated rings. The summed E-state index contributed by atoms with van der Waals surface area (Å²) in [5, 5.41) is 53.6. The summed E-state index contributed by atoms with van der Waals surface area (Å²) in [7, 11) is 0. The highest BCUT2D eigenvalue weighted by atomic mass is 16.5. The molecule has 32 nitrogen and oxygen atoms in total. The maximum atomic E-state index is 13.7. The molecule has 17 N–H and O–H groups in total. The van der Waals surface area contributed by atoms with Crippen molar-refractivity contribution in [3.8, 4) is 0 Å². The van der Waals surface area contributed by atoms with Crippen LogP contribution < -0.4 is 59.7 Å². The molecule has 0 saturated heterocycles. The van der Waals surface area contributed by atoms with Gasteiger partial charge in [0.2, 0.25) is 41.4 Å². The SMILES string of the molecule is CCCCc1nc2c(N)nc3ccccc3c2n1Cc1ccc(CNC(=O)OCc2ccc(NC(=O)[C@@H](CC(=O)O)NC(=O)[C@H](CO)NC(=O)[C@@H](CCCN=C(N)N)NC(=O)CNC(=O)[C@@H](CO)NC(=O)[C@H](CC(C)C)NC(=O)CCCOCCN=[N+]=[N-])cc2)cc1. The number of aromatic nitrogens is 3. The molecule has 92 heavy (non-hydrogen) atoms. The number of nitrogens with two attached hydrogens (primary N) is 3. The van der Waals surface area contributed by atoms with E-state index in [-0.39, 0.29) is 82.7 Å². The van der Waals surface area contributed by atoms with Crippen molar-refractivity contribution >= 4 is 92.8 Å². The maximum absolute atomic E-state index is 13.7. The standard InChI is InChI=1S/C60H82N18O14/c1-4-5-13-47-76-51-52(40-10-6-7-11-41(40)72-53(51)61)78(47)31-37-17-15-36(16-18-37)29-67-60(90)92-34-38-19-21-39(22-20-38)69-56(87)44(28-50(83)84)73-58(89)46(33-80)75-55(86)42(12-8-23-65-59(62)63)70-49(82)30-66-54(85)45(32-79)74-57(88)43(27-35(2)3)71-48(81)14-9-25-91-26-24-68-77-64/h6-7,10-11,15-22,35,42-46,79-80H,4-5,8-9,12-14,23-34H2,1-3H3,(H2,61,72)(H,66,85)(H,67,90)(H,69,87)(H,70,82)(H,71,81)(H,73,89)(H,74,88)(H,75,86)(H,83,84)(H4,62,63,65)/t42-,43+,44-,45-,46+/m1/s1. The number of aliphatic imine (C=N–C) groups is 1. The average Bonchev–Trinajstić information content (AvgIpc) is 1.82. The Morgan fingerprint density at radius 2 is 1.35 bits per heavy atom. The predicted molar refractivity (Wildman–Crippen MR) is 338 cm³/mol. The van der Waals surface area contributed by atoms with Crippen LogP contribution in [0.15, 0.2) is 82.9 Å². The van der Waals surface area contributed by atoms with E-state index in [9.17, 15) is 58.5 Å². The summed E-state index contributed by atoms with van der Waals surface area (Å²) in [5.41, 5.74) is 30.5. The number of carboxylic acid groups (broad SMARTS) is 1. The number of aliphatic carboxylic acids is 1. The predicted octanol–water partition coefficient (Wildman–Crippen LogP) is 1.13. The normalized spacial score (nSPS) is 12.6. The van der Waals surface area contributed by atoms with Crippen molar-refractivity contribution in [3.63, 3.8) is 0 Å². The van der Waals surface area contributed by atoms with Gasteiger partial charge in [0.05, 0.1) is 43.8 Å². The van der Waals surface area contributed by atoms with Gasteiger partial charge in [0.25, 0.3) is 0 Å². The second kappa shape index (κ2) is 37.7. The number of alkyl carbamates (subject to hydrolysis) is 1. The molecule has 0 saturated carbocycles. The number of aryl methyl sites for hydroxylation is 1. The third kappa shape index (κ3) is 24.0. The summed E-state index contributed by atoms with van der Waals surface area (Å²) in [6, 6.07) is 13.8. The summed E-state index contributed by atoms with van der Waals surface area (Å²) >= 11 is 0. The molecule has 0 radical (unpaired) electrons. The van der Waals surface area contributed by atoms with Crippen molar-refractivity contribution in [2.75, 3.05) is 57.1 Å². The third-order valence-corrected chi connectivity index (χ3v) is 13.9. The fourth-order valence-corrected chi connectivity index (χ4v) is 9.29. The minimum absolute atomic E-state index is 0.0138. The summed E-state index contributed by atoms with van der Waals surface area (Å²) in [6.07, 6.45) is 1.43. The Morgan fingerprint density at radius 3 is 2.01 bits per heavy atom. The Hall–Kier alpha value is -10.2. The highest BCUT2D eigenvalue weighted by Crippen LogP contribution is 2.30. The molecule has 0 unspecified atom stereocenters. The number of imidazole rings is 1. The Balaban J connectivity index is 1.11. The number of amides is 8. The van der Waals surface area contributed by atoms with Crippen LogP contribution in [0.4, 0.5) is 16.3 Å². The molecule has 0 spiro atoms. The van der Waals surface area contributed by atoms with E-state index in [1.165, 1.54) is 24.3 Å². The van der Waals surface area contributed by atoms with Gasteiger partial charge in [0.15, 0.2) is 11.8 Å². The van der Waals surface area contributed by atoms with Crippen molar-refractivity contribution in [1.29, 1.82) is 0 Å². The largest absolute Gasteiger partial charge is 0.481 e. The van der Waals surface area contributed by atoms with E-state index >= 15 is 0 Å². The lowest BCUT2D eigenvalue weighted by Crippen LogP contribution is -2.58. The summed E-state index contributed by atoms with van der Waals surface area (Å²) in [4.78, 5) is 134. The Labute approximate surface area is 529 Å². The highest BCUT2D eigenvalue weighted by molar-refractivity contribution is 6.07. The fourth-order valence-electron chi connectivity index (χ4n) is 9.29. The number of benzene rings is 3. The van der Waals surface area contributed by atoms with Gasteiger partial charge in [0, 0.05) is 61.6 Å². The first-order valence-electron chi connectivity index (χ1n) is 29.9. The van der Waals surface area contributed by atoms with Crippen LogP contribution in [0.5, 0.6) is 0 Å². The number of para-hydroxylation sites is 1. The molecule has 496 valence electrons. The number of anilines is 2. The minimum atomic E-state index is -1.81. The zero-order valence-corrected chi connectivity index (χ0v) is 51.5. The molecule has 0 aliphatic carbocycles. The second-order valence-electron chi connectivity index (χ2n) is 21.7. The van der Waals surface area contributed by atoms with Crippen LogP contribution in [0, 0.1) is 5.92 Å². The molecule has 2 heterocycles. The number of azide groups is 1. The smallest absolute Gasteiger partial charge is 0.407 e. The first kappa shape index (κ1) is 72.6. The number of aliphatic hydroxyl groups excluding tert-OH is 2. The van der Waals surface area contributed by atoms with Crippen LogP contribution in [-0.2, 0) is 73.9 Å². The number of carboxylic acids is 1. The van der Waals surface area contributed by atoms with Crippen molar-refractivity contribution in [1.82, 2.24) is 51.8 Å². The topological polar surface area (TPSA) is 499 Å². The van der Waals surface area contributed by atoms with Crippen LogP contribution in [0.25, 0.3) is 32.4 Å². The lowest BCUT2D eigenvalue weighted by atomic mass is 10.0. The monoisotopic (exact) mass is 1280 g/mol. The van der Waals surface area contributed by atoms with Crippen LogP contribution >= 0.6 is 0 Å². The number of guanidine groups is 1. The Bertz CT molecular complexity index is 3410. The van der Waals surface area contributed by atoms with Gasteiger partial charge in [-0.05, 0) is 78.4 Å². The molecule has 0 aliphatic heterocycles. The molecular weight excluding hydrogens is 1200 g/mol. The number of fused-ring (bicyclic) bond motifs is 3. The molecule has 0 bridgehead atoms. The van der Waals surface area contributed by atoms with E-state index in [1.807, 2.05) is 48.5 Å². The number of pyridine rings is 1. The van der Waals surface area contributed by atoms with E-state index in [4.69, 9.17) is 37.2 Å². The van der Waals surface area contributed by atoms with Crippen LogP contribution in [0.1, 0.15) is 94.7 Å². The van der Waals surface area contributed by atoms with Gasteiger partial charge in [-0.3, -0.25) is 43.3 Å². The minimum Gasteiger partial charge on any atom is -0.481 e. The van der Waals surface area contributed by atoms with Gasteiger partial charge in [0.1, 0.15) is 48.2 Å². The number of unbranched alkanes of at least 4 members (excludes halogenated alkanes) is 1. The molecular formula is C60H82N18O14.